The number of benzene rings is 1. The SMILES string of the molecule is O=c1[nH]c(-c2ccccc2)c[n+]2ccccc12.[Br-]. The molecule has 4 heteroatoms. The summed E-state index contributed by atoms with van der Waals surface area (Å²) in [5.74, 6) is 0. The smallest absolute Gasteiger partial charge is 0.321 e. The van der Waals surface area contributed by atoms with Crippen LogP contribution in [0.5, 0.6) is 0 Å². The van der Waals surface area contributed by atoms with Crippen molar-refractivity contribution >= 4 is 5.52 Å². The second kappa shape index (κ2) is 5.14. The molecule has 2 aromatic heterocycles. The summed E-state index contributed by atoms with van der Waals surface area (Å²) in [6.45, 7) is 0. The minimum Gasteiger partial charge on any atom is -1.00 e. The van der Waals surface area contributed by atoms with Crippen molar-refractivity contribution in [2.24, 2.45) is 0 Å². The molecular formula is C14H11BrN2O. The molecule has 0 aliphatic heterocycles. The molecule has 0 bridgehead atoms. The average Bonchev–Trinajstić information content (AvgIpc) is 2.40. The van der Waals surface area contributed by atoms with Gasteiger partial charge in [0.2, 0.25) is 0 Å². The van der Waals surface area contributed by atoms with Crippen molar-refractivity contribution in [1.82, 2.24) is 4.98 Å². The van der Waals surface area contributed by atoms with Gasteiger partial charge in [-0.05, 0) is 6.07 Å². The molecule has 3 rings (SSSR count). The molecule has 3 nitrogen and oxygen atoms in total. The number of aromatic nitrogens is 2. The molecule has 0 saturated heterocycles. The minimum absolute atomic E-state index is 0. The van der Waals surface area contributed by atoms with E-state index in [0.717, 1.165) is 11.3 Å². The maximum Gasteiger partial charge on any atom is 0.321 e. The minimum atomic E-state index is -0.0769. The first-order valence-electron chi connectivity index (χ1n) is 5.43. The van der Waals surface area contributed by atoms with Crippen LogP contribution in [-0.2, 0) is 0 Å². The fourth-order valence-electron chi connectivity index (χ4n) is 1.88. The topological polar surface area (TPSA) is 37.0 Å². The zero-order valence-electron chi connectivity index (χ0n) is 9.51. The molecule has 1 aromatic carbocycles. The second-order valence-corrected chi connectivity index (χ2v) is 3.86. The number of rotatable bonds is 1. The number of H-pyrrole nitrogens is 1. The molecule has 0 fully saturated rings. The van der Waals surface area contributed by atoms with E-state index in [-0.39, 0.29) is 22.5 Å². The maximum atomic E-state index is 11.9. The molecule has 0 aliphatic carbocycles. The molecule has 0 radical (unpaired) electrons. The summed E-state index contributed by atoms with van der Waals surface area (Å²) in [7, 11) is 0. The van der Waals surface area contributed by atoms with E-state index in [1.165, 1.54) is 0 Å². The van der Waals surface area contributed by atoms with Gasteiger partial charge in [0, 0.05) is 17.7 Å². The summed E-state index contributed by atoms with van der Waals surface area (Å²) in [4.78, 5) is 14.8. The van der Waals surface area contributed by atoms with E-state index in [2.05, 4.69) is 4.98 Å². The summed E-state index contributed by atoms with van der Waals surface area (Å²) in [5, 5.41) is 0. The molecule has 0 saturated carbocycles. The van der Waals surface area contributed by atoms with Gasteiger partial charge in [0.15, 0.2) is 12.4 Å². The molecule has 0 unspecified atom stereocenters. The number of halogens is 1. The average molecular weight is 303 g/mol. The third-order valence-electron chi connectivity index (χ3n) is 2.72. The van der Waals surface area contributed by atoms with E-state index in [9.17, 15) is 4.79 Å². The van der Waals surface area contributed by atoms with E-state index < -0.39 is 0 Å². The summed E-state index contributed by atoms with van der Waals surface area (Å²) in [6.07, 6.45) is 3.79. The summed E-state index contributed by atoms with van der Waals surface area (Å²) >= 11 is 0. The van der Waals surface area contributed by atoms with Gasteiger partial charge < -0.3 is 22.0 Å². The molecule has 18 heavy (non-hydrogen) atoms. The number of hydrogen-bond acceptors (Lipinski definition) is 1. The lowest BCUT2D eigenvalue weighted by Gasteiger charge is -1.98. The van der Waals surface area contributed by atoms with Crippen molar-refractivity contribution in [3.05, 3.63) is 71.3 Å². The van der Waals surface area contributed by atoms with Gasteiger partial charge in [0.05, 0.1) is 0 Å². The van der Waals surface area contributed by atoms with Gasteiger partial charge in [-0.2, -0.15) is 4.40 Å². The van der Waals surface area contributed by atoms with Gasteiger partial charge in [0.1, 0.15) is 5.69 Å². The number of aromatic amines is 1. The molecule has 0 aliphatic rings. The van der Waals surface area contributed by atoms with E-state index in [1.807, 2.05) is 59.3 Å². The van der Waals surface area contributed by atoms with Crippen LogP contribution < -0.4 is 26.9 Å². The molecule has 3 aromatic rings. The highest BCUT2D eigenvalue weighted by atomic mass is 79.9. The van der Waals surface area contributed by atoms with Crippen LogP contribution in [0.15, 0.2) is 65.7 Å². The molecule has 0 atom stereocenters. The highest BCUT2D eigenvalue weighted by Crippen LogP contribution is 2.12. The van der Waals surface area contributed by atoms with Gasteiger partial charge in [-0.15, -0.1) is 0 Å². The highest BCUT2D eigenvalue weighted by molar-refractivity contribution is 5.57. The third-order valence-corrected chi connectivity index (χ3v) is 2.72. The Kier molecular flexibility index (Phi) is 3.58. The van der Waals surface area contributed by atoms with E-state index in [1.54, 1.807) is 6.07 Å². The number of nitrogens with one attached hydrogen (secondary N) is 1. The summed E-state index contributed by atoms with van der Waals surface area (Å²) in [6, 6.07) is 15.4. The van der Waals surface area contributed by atoms with Crippen molar-refractivity contribution < 1.29 is 21.4 Å². The van der Waals surface area contributed by atoms with Crippen LogP contribution in [0, 0.1) is 0 Å². The first-order chi connectivity index (χ1) is 8.34. The van der Waals surface area contributed by atoms with Gasteiger partial charge in [-0.25, -0.2) is 0 Å². The Hall–Kier alpha value is -1.94. The number of pyridine rings is 1. The van der Waals surface area contributed by atoms with Crippen molar-refractivity contribution in [1.29, 1.82) is 0 Å². The fraction of sp³-hybridized carbons (Fsp3) is 0. The van der Waals surface area contributed by atoms with Crippen LogP contribution in [0.25, 0.3) is 16.8 Å². The first kappa shape index (κ1) is 12.5. The molecule has 0 spiro atoms. The van der Waals surface area contributed by atoms with Crippen LogP contribution in [0.4, 0.5) is 0 Å². The highest BCUT2D eigenvalue weighted by Gasteiger charge is 2.09. The number of nitrogens with zero attached hydrogens (tertiary/aromatic N) is 1. The Bertz CT molecular complexity index is 722. The second-order valence-electron chi connectivity index (χ2n) is 3.86. The quantitative estimate of drug-likeness (QED) is 0.563. The Balaban J connectivity index is 0.00000120. The van der Waals surface area contributed by atoms with Crippen LogP contribution in [-0.4, -0.2) is 4.98 Å². The Morgan fingerprint density at radius 1 is 0.944 bits per heavy atom. The van der Waals surface area contributed by atoms with Crippen LogP contribution in [0.2, 0.25) is 0 Å². The van der Waals surface area contributed by atoms with Crippen LogP contribution in [0.1, 0.15) is 0 Å². The number of hydrogen-bond donors (Lipinski definition) is 1. The van der Waals surface area contributed by atoms with Gasteiger partial charge >= 0.3 is 5.56 Å². The Morgan fingerprint density at radius 3 is 2.44 bits per heavy atom. The predicted molar refractivity (Wildman–Crippen MR) is 65.7 cm³/mol. The monoisotopic (exact) mass is 302 g/mol. The van der Waals surface area contributed by atoms with Crippen LogP contribution in [0.3, 0.4) is 0 Å². The lowest BCUT2D eigenvalue weighted by molar-refractivity contribution is -0.512. The van der Waals surface area contributed by atoms with Crippen LogP contribution >= 0.6 is 0 Å². The van der Waals surface area contributed by atoms with Crippen molar-refractivity contribution in [2.45, 2.75) is 0 Å². The van der Waals surface area contributed by atoms with Gasteiger partial charge in [0.25, 0.3) is 5.52 Å². The van der Waals surface area contributed by atoms with Gasteiger partial charge in [-0.3, -0.25) is 4.79 Å². The third kappa shape index (κ3) is 2.19. The Morgan fingerprint density at radius 2 is 1.67 bits per heavy atom. The molecule has 90 valence electrons. The molecule has 0 amide bonds. The van der Waals surface area contributed by atoms with Crippen molar-refractivity contribution in [3.8, 4) is 11.3 Å². The van der Waals surface area contributed by atoms with Crippen molar-refractivity contribution in [2.75, 3.05) is 0 Å². The summed E-state index contributed by atoms with van der Waals surface area (Å²) in [5.41, 5.74) is 2.39. The molecule has 2 heterocycles. The number of fused-ring (bicyclic) bond motifs is 1. The van der Waals surface area contributed by atoms with E-state index in [0.29, 0.717) is 5.52 Å². The van der Waals surface area contributed by atoms with Crippen molar-refractivity contribution in [3.63, 3.8) is 0 Å². The van der Waals surface area contributed by atoms with E-state index >= 15 is 0 Å². The maximum absolute atomic E-state index is 11.9. The fourth-order valence-corrected chi connectivity index (χ4v) is 1.88. The normalized spacial score (nSPS) is 10.0. The molecule has 1 N–H and O–H groups in total. The zero-order valence-corrected chi connectivity index (χ0v) is 11.1. The predicted octanol–water partition coefficient (Wildman–Crippen LogP) is -1.22. The Labute approximate surface area is 115 Å². The standard InChI is InChI=1S/C14H10N2O.BrH/c17-14-13-8-4-5-9-16(13)10-12(15-14)11-6-2-1-3-7-11;/h1-10H;1H. The van der Waals surface area contributed by atoms with E-state index in [4.69, 9.17) is 0 Å². The summed E-state index contributed by atoms with van der Waals surface area (Å²) < 4.78 is 1.83. The zero-order chi connectivity index (χ0) is 11.7. The lowest BCUT2D eigenvalue weighted by Crippen LogP contribution is -3.00. The first-order valence-corrected chi connectivity index (χ1v) is 5.43. The largest absolute Gasteiger partial charge is 1.00 e. The molecular weight excluding hydrogens is 292 g/mol. The lowest BCUT2D eigenvalue weighted by atomic mass is 10.2. The van der Waals surface area contributed by atoms with Gasteiger partial charge in [-0.1, -0.05) is 30.3 Å².